The van der Waals surface area contributed by atoms with Gasteiger partial charge in [0.15, 0.2) is 0 Å². The van der Waals surface area contributed by atoms with Crippen LogP contribution in [-0.2, 0) is 0 Å². The summed E-state index contributed by atoms with van der Waals surface area (Å²) < 4.78 is 12.7. The van der Waals surface area contributed by atoms with Crippen LogP contribution >= 0.6 is 0 Å². The number of hydrogen-bond acceptors (Lipinski definition) is 3. The number of hydrogen-bond donors (Lipinski definition) is 2. The molecule has 2 N–H and O–H groups in total. The summed E-state index contributed by atoms with van der Waals surface area (Å²) in [4.78, 5) is 3.97. The molecule has 0 fully saturated rings. The monoisotopic (exact) mass is 220 g/mol. The first-order valence-electron chi connectivity index (χ1n) is 5.21. The maximum absolute atomic E-state index is 12.7. The van der Waals surface area contributed by atoms with Crippen molar-refractivity contribution in [2.45, 2.75) is 13.3 Å². The standard InChI is InChI=1S/C11H13FN4/c1-2-5-13-11-6-10(15-16-11)9-4-3-8(12)7-14-9/h3-4,6-7H,2,5H2,1H3,(H2,13,15,16). The van der Waals surface area contributed by atoms with Crippen LogP contribution in [-0.4, -0.2) is 21.7 Å². The highest BCUT2D eigenvalue weighted by Crippen LogP contribution is 2.17. The minimum atomic E-state index is -0.340. The molecule has 0 unspecified atom stereocenters. The van der Waals surface area contributed by atoms with Gasteiger partial charge in [-0.25, -0.2) is 4.39 Å². The Hall–Kier alpha value is -1.91. The molecule has 0 aliphatic carbocycles. The fourth-order valence-electron chi connectivity index (χ4n) is 1.33. The van der Waals surface area contributed by atoms with E-state index >= 15 is 0 Å². The lowest BCUT2D eigenvalue weighted by Gasteiger charge is -1.97. The first-order chi connectivity index (χ1) is 7.79. The van der Waals surface area contributed by atoms with Crippen LogP contribution in [0.15, 0.2) is 24.4 Å². The van der Waals surface area contributed by atoms with E-state index < -0.39 is 0 Å². The van der Waals surface area contributed by atoms with E-state index in [9.17, 15) is 4.39 Å². The van der Waals surface area contributed by atoms with Crippen LogP contribution in [0.5, 0.6) is 0 Å². The number of pyridine rings is 1. The molecule has 5 heteroatoms. The number of nitrogens with zero attached hydrogens (tertiary/aromatic N) is 2. The highest BCUT2D eigenvalue weighted by Gasteiger charge is 2.04. The van der Waals surface area contributed by atoms with Crippen molar-refractivity contribution < 1.29 is 4.39 Å². The maximum Gasteiger partial charge on any atom is 0.148 e. The highest BCUT2D eigenvalue weighted by atomic mass is 19.1. The van der Waals surface area contributed by atoms with Gasteiger partial charge in [-0.05, 0) is 18.6 Å². The third kappa shape index (κ3) is 2.36. The molecule has 0 saturated carbocycles. The zero-order valence-electron chi connectivity index (χ0n) is 9.00. The van der Waals surface area contributed by atoms with Crippen molar-refractivity contribution in [3.63, 3.8) is 0 Å². The van der Waals surface area contributed by atoms with Gasteiger partial charge in [0.1, 0.15) is 11.6 Å². The second-order valence-corrected chi connectivity index (χ2v) is 3.46. The Morgan fingerprint density at radius 3 is 3.00 bits per heavy atom. The fourth-order valence-corrected chi connectivity index (χ4v) is 1.33. The molecule has 2 aromatic heterocycles. The molecule has 0 radical (unpaired) electrons. The number of nitrogens with one attached hydrogen (secondary N) is 2. The number of halogens is 1. The molecule has 2 heterocycles. The molecular formula is C11H13FN4. The second-order valence-electron chi connectivity index (χ2n) is 3.46. The predicted molar refractivity (Wildman–Crippen MR) is 60.6 cm³/mol. The van der Waals surface area contributed by atoms with Crippen molar-refractivity contribution in [3.8, 4) is 11.4 Å². The Labute approximate surface area is 92.9 Å². The van der Waals surface area contributed by atoms with Crippen molar-refractivity contribution in [1.29, 1.82) is 0 Å². The minimum Gasteiger partial charge on any atom is -0.369 e. The van der Waals surface area contributed by atoms with Gasteiger partial charge in [0, 0.05) is 12.6 Å². The topological polar surface area (TPSA) is 53.6 Å². The Bertz CT molecular complexity index is 449. The molecule has 0 aliphatic heterocycles. The van der Waals surface area contributed by atoms with Crippen LogP contribution in [0.25, 0.3) is 11.4 Å². The average molecular weight is 220 g/mol. The smallest absolute Gasteiger partial charge is 0.148 e. The van der Waals surface area contributed by atoms with E-state index in [-0.39, 0.29) is 5.82 Å². The van der Waals surface area contributed by atoms with Crippen LogP contribution in [0, 0.1) is 5.82 Å². The van der Waals surface area contributed by atoms with Crippen LogP contribution in [0.4, 0.5) is 10.2 Å². The second kappa shape index (κ2) is 4.74. The zero-order chi connectivity index (χ0) is 11.4. The van der Waals surface area contributed by atoms with Crippen LogP contribution < -0.4 is 5.32 Å². The van der Waals surface area contributed by atoms with Gasteiger partial charge >= 0.3 is 0 Å². The Kier molecular flexibility index (Phi) is 3.14. The van der Waals surface area contributed by atoms with Crippen molar-refractivity contribution >= 4 is 5.82 Å². The summed E-state index contributed by atoms with van der Waals surface area (Å²) in [7, 11) is 0. The minimum absolute atomic E-state index is 0.340. The van der Waals surface area contributed by atoms with Crippen molar-refractivity contribution in [2.24, 2.45) is 0 Å². The largest absolute Gasteiger partial charge is 0.369 e. The summed E-state index contributed by atoms with van der Waals surface area (Å²) in [6.45, 7) is 2.96. The quantitative estimate of drug-likeness (QED) is 0.832. The van der Waals surface area contributed by atoms with Gasteiger partial charge in [-0.3, -0.25) is 10.1 Å². The molecule has 0 aromatic carbocycles. The molecule has 0 aliphatic rings. The molecule has 0 bridgehead atoms. The van der Waals surface area contributed by atoms with E-state index in [1.165, 1.54) is 12.3 Å². The normalized spacial score (nSPS) is 10.4. The summed E-state index contributed by atoms with van der Waals surface area (Å²) in [6.07, 6.45) is 2.23. The molecular weight excluding hydrogens is 207 g/mol. The molecule has 0 saturated heterocycles. The number of H-pyrrole nitrogens is 1. The SMILES string of the molecule is CCCNc1cc(-c2ccc(F)cn2)[nH]n1. The van der Waals surface area contributed by atoms with E-state index in [1.807, 2.05) is 6.07 Å². The Balaban J connectivity index is 2.15. The average Bonchev–Trinajstić information content (AvgIpc) is 2.76. The molecule has 4 nitrogen and oxygen atoms in total. The molecule has 0 atom stereocenters. The third-order valence-electron chi connectivity index (χ3n) is 2.14. The Morgan fingerprint density at radius 2 is 2.31 bits per heavy atom. The molecule has 2 rings (SSSR count). The summed E-state index contributed by atoms with van der Waals surface area (Å²) in [6, 6.07) is 4.85. The lowest BCUT2D eigenvalue weighted by Crippen LogP contribution is -1.99. The van der Waals surface area contributed by atoms with Crippen LogP contribution in [0.1, 0.15) is 13.3 Å². The van der Waals surface area contributed by atoms with Gasteiger partial charge in [0.2, 0.25) is 0 Å². The van der Waals surface area contributed by atoms with Gasteiger partial charge < -0.3 is 5.32 Å². The molecule has 2 aromatic rings. The van der Waals surface area contributed by atoms with Crippen molar-refractivity contribution in [3.05, 3.63) is 30.2 Å². The highest BCUT2D eigenvalue weighted by molar-refractivity contribution is 5.58. The number of aromatic amines is 1. The lowest BCUT2D eigenvalue weighted by molar-refractivity contribution is 0.622. The van der Waals surface area contributed by atoms with E-state index in [0.717, 1.165) is 24.5 Å². The first kappa shape index (κ1) is 10.6. The van der Waals surface area contributed by atoms with E-state index in [4.69, 9.17) is 0 Å². The molecule has 0 amide bonds. The number of aromatic nitrogens is 3. The van der Waals surface area contributed by atoms with Crippen LogP contribution in [0.2, 0.25) is 0 Å². The zero-order valence-corrected chi connectivity index (χ0v) is 9.00. The maximum atomic E-state index is 12.7. The molecule has 84 valence electrons. The number of anilines is 1. The Morgan fingerprint density at radius 1 is 1.44 bits per heavy atom. The van der Waals surface area contributed by atoms with Gasteiger partial charge in [0.05, 0.1) is 17.6 Å². The molecule has 16 heavy (non-hydrogen) atoms. The third-order valence-corrected chi connectivity index (χ3v) is 2.14. The van der Waals surface area contributed by atoms with E-state index in [0.29, 0.717) is 5.69 Å². The van der Waals surface area contributed by atoms with E-state index in [2.05, 4.69) is 27.4 Å². The summed E-state index contributed by atoms with van der Waals surface area (Å²) in [5, 5.41) is 10.1. The summed E-state index contributed by atoms with van der Waals surface area (Å²) in [5.41, 5.74) is 1.46. The van der Waals surface area contributed by atoms with Gasteiger partial charge in [-0.1, -0.05) is 6.92 Å². The number of rotatable bonds is 4. The first-order valence-corrected chi connectivity index (χ1v) is 5.21. The molecule has 0 spiro atoms. The van der Waals surface area contributed by atoms with Gasteiger partial charge in [-0.15, -0.1) is 0 Å². The van der Waals surface area contributed by atoms with Crippen LogP contribution in [0.3, 0.4) is 0 Å². The van der Waals surface area contributed by atoms with Gasteiger partial charge in [-0.2, -0.15) is 5.10 Å². The summed E-state index contributed by atoms with van der Waals surface area (Å²) >= 11 is 0. The summed E-state index contributed by atoms with van der Waals surface area (Å²) in [5.74, 6) is 0.440. The predicted octanol–water partition coefficient (Wildman–Crippen LogP) is 2.43. The van der Waals surface area contributed by atoms with Crippen molar-refractivity contribution in [2.75, 3.05) is 11.9 Å². The fraction of sp³-hybridized carbons (Fsp3) is 0.273. The van der Waals surface area contributed by atoms with Crippen molar-refractivity contribution in [1.82, 2.24) is 15.2 Å². The lowest BCUT2D eigenvalue weighted by atomic mass is 10.3. The van der Waals surface area contributed by atoms with E-state index in [1.54, 1.807) is 6.07 Å². The van der Waals surface area contributed by atoms with Gasteiger partial charge in [0.25, 0.3) is 0 Å².